The predicted octanol–water partition coefficient (Wildman–Crippen LogP) is 5.79. The van der Waals surface area contributed by atoms with Crippen molar-refractivity contribution >= 4 is 35.1 Å². The molecule has 0 unspecified atom stereocenters. The van der Waals surface area contributed by atoms with E-state index in [0.717, 1.165) is 6.07 Å². The number of benzene rings is 1. The van der Waals surface area contributed by atoms with Gasteiger partial charge >= 0.3 is 0 Å². The number of halogens is 4. The summed E-state index contributed by atoms with van der Waals surface area (Å²) in [7, 11) is 0. The summed E-state index contributed by atoms with van der Waals surface area (Å²) in [6.07, 6.45) is 7.10. The summed E-state index contributed by atoms with van der Waals surface area (Å²) in [6.45, 7) is 5.68. The highest BCUT2D eigenvalue weighted by Gasteiger charge is 2.23. The van der Waals surface area contributed by atoms with E-state index in [1.54, 1.807) is 25.3 Å². The van der Waals surface area contributed by atoms with Crippen molar-refractivity contribution in [3.63, 3.8) is 0 Å². The van der Waals surface area contributed by atoms with Gasteiger partial charge in [0.15, 0.2) is 0 Å². The number of nitrogens with zero attached hydrogens (tertiary/aromatic N) is 2. The van der Waals surface area contributed by atoms with Gasteiger partial charge in [-0.3, -0.25) is 9.89 Å². The van der Waals surface area contributed by atoms with Crippen molar-refractivity contribution in [2.24, 2.45) is 0 Å². The molecule has 144 valence electrons. The van der Waals surface area contributed by atoms with Gasteiger partial charge in [-0.05, 0) is 35.8 Å². The van der Waals surface area contributed by atoms with Crippen LogP contribution in [0.4, 0.5) is 8.78 Å². The van der Waals surface area contributed by atoms with E-state index in [0.29, 0.717) is 35.1 Å². The molecule has 1 aliphatic heterocycles. The average Bonchev–Trinajstić information content (AvgIpc) is 3.09. The fraction of sp³-hybridized carbons (Fsp3) is 0.100. The normalized spacial score (nSPS) is 14.8. The largest absolute Gasteiger partial charge is 0.308 e. The van der Waals surface area contributed by atoms with Crippen LogP contribution in [0, 0.1) is 11.6 Å². The number of allylic oxidation sites excluding steroid dienone is 4. The predicted molar refractivity (Wildman–Crippen MR) is 106 cm³/mol. The summed E-state index contributed by atoms with van der Waals surface area (Å²) < 4.78 is 28.8. The minimum Gasteiger partial charge on any atom is -0.308 e. The number of rotatable bonds is 5. The molecule has 0 saturated heterocycles. The summed E-state index contributed by atoms with van der Waals surface area (Å²) in [5, 5.41) is 6.70. The van der Waals surface area contributed by atoms with Crippen LogP contribution in [-0.2, 0) is 4.79 Å². The zero-order valence-electron chi connectivity index (χ0n) is 14.8. The lowest BCUT2D eigenvalue weighted by Gasteiger charge is -2.26. The van der Waals surface area contributed by atoms with Crippen LogP contribution in [0.2, 0.25) is 5.15 Å². The zero-order valence-corrected chi connectivity index (χ0v) is 16.3. The van der Waals surface area contributed by atoms with Crippen LogP contribution in [0.25, 0.3) is 16.7 Å². The molecular weight excluding hydrogens is 407 g/mol. The maximum absolute atomic E-state index is 14.9. The number of aromatic amines is 1. The molecule has 2 aromatic rings. The molecule has 0 aliphatic carbocycles. The van der Waals surface area contributed by atoms with E-state index >= 15 is 0 Å². The third-order valence-electron chi connectivity index (χ3n) is 4.25. The van der Waals surface area contributed by atoms with E-state index in [9.17, 15) is 13.6 Å². The Balaban J connectivity index is 2.21. The molecule has 1 N–H and O–H groups in total. The summed E-state index contributed by atoms with van der Waals surface area (Å²) >= 11 is 12.7. The second-order valence-electron chi connectivity index (χ2n) is 5.97. The van der Waals surface area contributed by atoms with E-state index in [1.807, 2.05) is 0 Å². The molecule has 0 spiro atoms. The molecule has 2 heterocycles. The van der Waals surface area contributed by atoms with Crippen LogP contribution < -0.4 is 0 Å². The first kappa shape index (κ1) is 20.0. The zero-order chi connectivity index (χ0) is 20.4. The smallest absolute Gasteiger partial charge is 0.150 e. The highest BCUT2D eigenvalue weighted by molar-refractivity contribution is 6.33. The molecule has 0 saturated carbocycles. The van der Waals surface area contributed by atoms with Crippen LogP contribution in [0.1, 0.15) is 18.9 Å². The SMILES string of the molecule is C=C1C=C(C=O)C=CN1/C(Cl)=C(\CC)c1c(F)cc(F)cc1-c1cn[nH]c1Cl. The van der Waals surface area contributed by atoms with Crippen LogP contribution in [0.15, 0.2) is 59.7 Å². The maximum atomic E-state index is 14.9. The van der Waals surface area contributed by atoms with E-state index in [1.165, 1.54) is 17.2 Å². The van der Waals surface area contributed by atoms with Crippen molar-refractivity contribution in [2.45, 2.75) is 13.3 Å². The van der Waals surface area contributed by atoms with Crippen molar-refractivity contribution in [3.05, 3.63) is 82.0 Å². The number of carbonyl (C=O) groups is 1. The third-order valence-corrected chi connectivity index (χ3v) is 4.95. The van der Waals surface area contributed by atoms with Crippen LogP contribution in [-0.4, -0.2) is 21.4 Å². The average molecular weight is 422 g/mol. The quantitative estimate of drug-likeness (QED) is 0.490. The molecule has 4 nitrogen and oxygen atoms in total. The van der Waals surface area contributed by atoms with Gasteiger partial charge in [0.1, 0.15) is 28.2 Å². The van der Waals surface area contributed by atoms with Gasteiger partial charge in [0.05, 0.1) is 6.20 Å². The Morgan fingerprint density at radius 2 is 2.11 bits per heavy atom. The first-order valence-electron chi connectivity index (χ1n) is 8.27. The molecule has 1 aromatic carbocycles. The van der Waals surface area contributed by atoms with Gasteiger partial charge in [-0.2, -0.15) is 5.10 Å². The Kier molecular flexibility index (Phi) is 5.82. The standard InChI is InChI=1S/C20H15Cl2F2N3O/c1-3-14(20(22)27-5-4-12(10-28)6-11(27)2)18-15(7-13(23)8-17(18)24)16-9-25-26-19(16)21/h4-10H,2-3H2,1H3,(H,25,26)/b20-14+. The minimum absolute atomic E-state index is 0.114. The Bertz CT molecular complexity index is 1050. The highest BCUT2D eigenvalue weighted by Crippen LogP contribution is 2.40. The summed E-state index contributed by atoms with van der Waals surface area (Å²) in [5.74, 6) is -1.53. The van der Waals surface area contributed by atoms with Crippen LogP contribution >= 0.6 is 23.2 Å². The molecule has 0 fully saturated rings. The van der Waals surface area contributed by atoms with E-state index < -0.39 is 11.6 Å². The molecule has 28 heavy (non-hydrogen) atoms. The lowest BCUT2D eigenvalue weighted by atomic mass is 9.94. The van der Waals surface area contributed by atoms with E-state index in [4.69, 9.17) is 23.2 Å². The van der Waals surface area contributed by atoms with Gasteiger partial charge in [0, 0.05) is 34.7 Å². The number of nitrogens with one attached hydrogen (secondary N) is 1. The van der Waals surface area contributed by atoms with Crippen molar-refractivity contribution in [1.29, 1.82) is 0 Å². The number of hydrogen-bond acceptors (Lipinski definition) is 3. The fourth-order valence-corrected chi connectivity index (χ4v) is 3.55. The number of carbonyl (C=O) groups excluding carboxylic acids is 1. The van der Waals surface area contributed by atoms with Gasteiger partial charge in [-0.1, -0.05) is 36.7 Å². The first-order valence-corrected chi connectivity index (χ1v) is 9.03. The Morgan fingerprint density at radius 3 is 2.68 bits per heavy atom. The van der Waals surface area contributed by atoms with Gasteiger partial charge in [-0.25, -0.2) is 8.78 Å². The number of hydrogen-bond donors (Lipinski definition) is 1. The third kappa shape index (κ3) is 3.66. The fourth-order valence-electron chi connectivity index (χ4n) is 2.95. The molecule has 1 aliphatic rings. The van der Waals surface area contributed by atoms with Crippen LogP contribution in [0.3, 0.4) is 0 Å². The second kappa shape index (κ2) is 8.12. The summed E-state index contributed by atoms with van der Waals surface area (Å²) in [6, 6.07) is 1.97. The lowest BCUT2D eigenvalue weighted by Crippen LogP contribution is -2.16. The van der Waals surface area contributed by atoms with E-state index in [2.05, 4.69) is 16.8 Å². The topological polar surface area (TPSA) is 49.0 Å². The van der Waals surface area contributed by atoms with Gasteiger partial charge in [-0.15, -0.1) is 0 Å². The lowest BCUT2D eigenvalue weighted by molar-refractivity contribution is -0.104. The first-order chi connectivity index (χ1) is 13.4. The van der Waals surface area contributed by atoms with Crippen molar-refractivity contribution < 1.29 is 13.6 Å². The highest BCUT2D eigenvalue weighted by atomic mass is 35.5. The summed E-state index contributed by atoms with van der Waals surface area (Å²) in [5.41, 5.74) is 1.97. The molecular formula is C20H15Cl2F2N3O. The van der Waals surface area contributed by atoms with Gasteiger partial charge in [0.2, 0.25) is 0 Å². The molecule has 0 radical (unpaired) electrons. The number of aromatic nitrogens is 2. The molecule has 0 amide bonds. The summed E-state index contributed by atoms with van der Waals surface area (Å²) in [4.78, 5) is 12.5. The van der Waals surface area contributed by atoms with E-state index in [-0.39, 0.29) is 21.4 Å². The van der Waals surface area contributed by atoms with Gasteiger partial charge in [0.25, 0.3) is 0 Å². The van der Waals surface area contributed by atoms with Crippen molar-refractivity contribution in [3.8, 4) is 11.1 Å². The Labute approximate surface area is 170 Å². The minimum atomic E-state index is -0.780. The van der Waals surface area contributed by atoms with Gasteiger partial charge < -0.3 is 4.90 Å². The number of aldehydes is 1. The molecule has 0 atom stereocenters. The van der Waals surface area contributed by atoms with Crippen LogP contribution in [0.5, 0.6) is 0 Å². The molecule has 1 aromatic heterocycles. The number of H-pyrrole nitrogens is 1. The molecule has 3 rings (SSSR count). The maximum Gasteiger partial charge on any atom is 0.150 e. The monoisotopic (exact) mass is 421 g/mol. The molecule has 0 bridgehead atoms. The second-order valence-corrected chi connectivity index (χ2v) is 6.71. The Hall–Kier alpha value is -2.70. The van der Waals surface area contributed by atoms with Crippen molar-refractivity contribution in [1.82, 2.24) is 15.1 Å². The van der Waals surface area contributed by atoms with Crippen molar-refractivity contribution in [2.75, 3.05) is 0 Å². The molecule has 8 heteroatoms. The Morgan fingerprint density at radius 1 is 1.36 bits per heavy atom.